The molecule has 0 heterocycles. The topological polar surface area (TPSA) is 46.2 Å². The second kappa shape index (κ2) is 3.79. The molecule has 2 nitrogen and oxygen atoms in total. The van der Waals surface area contributed by atoms with Gasteiger partial charge in [0.2, 0.25) is 0 Å². The summed E-state index contributed by atoms with van der Waals surface area (Å²) in [6.07, 6.45) is 0. The molecule has 0 radical (unpaired) electrons. The van der Waals surface area contributed by atoms with E-state index in [9.17, 15) is 5.11 Å². The summed E-state index contributed by atoms with van der Waals surface area (Å²) < 4.78 is 0. The van der Waals surface area contributed by atoms with Gasteiger partial charge < -0.3 is 10.8 Å². The Labute approximate surface area is 79.4 Å². The molecule has 1 unspecified atom stereocenters. The number of aromatic hydroxyl groups is 1. The molecule has 13 heavy (non-hydrogen) atoms. The lowest BCUT2D eigenvalue weighted by Gasteiger charge is -2.14. The smallest absolute Gasteiger partial charge is 0.118 e. The Hall–Kier alpha value is -1.02. The second-order valence-electron chi connectivity index (χ2n) is 3.56. The first-order chi connectivity index (χ1) is 6.07. The maximum absolute atomic E-state index is 9.45. The van der Waals surface area contributed by atoms with E-state index in [-0.39, 0.29) is 0 Å². The lowest BCUT2D eigenvalue weighted by molar-refractivity contribution is 0.470. The fourth-order valence-electron chi connectivity index (χ4n) is 1.49. The van der Waals surface area contributed by atoms with Crippen LogP contribution in [0.1, 0.15) is 29.5 Å². The molecule has 1 aromatic rings. The average molecular weight is 179 g/mol. The molecular formula is C11H17NO. The van der Waals surface area contributed by atoms with Crippen LogP contribution in [-0.4, -0.2) is 11.7 Å². The highest BCUT2D eigenvalue weighted by Crippen LogP contribution is 2.27. The maximum atomic E-state index is 9.45. The molecule has 0 aromatic heterocycles. The van der Waals surface area contributed by atoms with Gasteiger partial charge in [-0.1, -0.05) is 13.0 Å². The fraction of sp³-hybridized carbons (Fsp3) is 0.455. The van der Waals surface area contributed by atoms with E-state index in [1.165, 1.54) is 5.56 Å². The quantitative estimate of drug-likeness (QED) is 0.730. The van der Waals surface area contributed by atoms with Crippen molar-refractivity contribution in [1.82, 2.24) is 0 Å². The number of hydrogen-bond acceptors (Lipinski definition) is 2. The Bertz CT molecular complexity index is 307. The van der Waals surface area contributed by atoms with Gasteiger partial charge in [0.05, 0.1) is 0 Å². The van der Waals surface area contributed by atoms with Crippen LogP contribution in [0.25, 0.3) is 0 Å². The standard InChI is InChI=1S/C11H17NO/c1-7(6-12)10-4-5-11(13)9(3)8(10)2/h4-5,7,13H,6,12H2,1-3H3. The van der Waals surface area contributed by atoms with Gasteiger partial charge in [0.15, 0.2) is 0 Å². The highest BCUT2D eigenvalue weighted by atomic mass is 16.3. The van der Waals surface area contributed by atoms with Crippen LogP contribution < -0.4 is 5.73 Å². The molecule has 0 saturated heterocycles. The summed E-state index contributed by atoms with van der Waals surface area (Å²) in [6, 6.07) is 3.69. The van der Waals surface area contributed by atoms with Crippen molar-refractivity contribution < 1.29 is 5.11 Å². The zero-order chi connectivity index (χ0) is 10.0. The summed E-state index contributed by atoms with van der Waals surface area (Å²) in [4.78, 5) is 0. The van der Waals surface area contributed by atoms with Gasteiger partial charge in [-0.2, -0.15) is 0 Å². The number of rotatable bonds is 2. The van der Waals surface area contributed by atoms with Crippen LogP contribution in [-0.2, 0) is 0 Å². The van der Waals surface area contributed by atoms with Crippen molar-refractivity contribution in [1.29, 1.82) is 0 Å². The Balaban J connectivity index is 3.18. The van der Waals surface area contributed by atoms with E-state index < -0.39 is 0 Å². The largest absolute Gasteiger partial charge is 0.508 e. The Morgan fingerprint density at radius 1 is 1.31 bits per heavy atom. The molecule has 0 fully saturated rings. The zero-order valence-corrected chi connectivity index (χ0v) is 8.46. The summed E-state index contributed by atoms with van der Waals surface area (Å²) in [6.45, 7) is 6.69. The van der Waals surface area contributed by atoms with Gasteiger partial charge in [0.25, 0.3) is 0 Å². The van der Waals surface area contributed by atoms with Crippen LogP contribution in [0.3, 0.4) is 0 Å². The van der Waals surface area contributed by atoms with Crippen LogP contribution in [0.2, 0.25) is 0 Å². The Morgan fingerprint density at radius 3 is 2.46 bits per heavy atom. The SMILES string of the molecule is Cc1c(O)ccc(C(C)CN)c1C. The number of benzene rings is 1. The summed E-state index contributed by atoms with van der Waals surface area (Å²) in [5, 5.41) is 9.45. The first kappa shape index (κ1) is 10.1. The van der Waals surface area contributed by atoms with E-state index in [0.717, 1.165) is 11.1 Å². The van der Waals surface area contributed by atoms with Crippen molar-refractivity contribution in [3.63, 3.8) is 0 Å². The molecule has 72 valence electrons. The first-order valence-corrected chi connectivity index (χ1v) is 4.57. The third-order valence-electron chi connectivity index (χ3n) is 2.68. The molecule has 0 saturated carbocycles. The fourth-order valence-corrected chi connectivity index (χ4v) is 1.49. The van der Waals surface area contributed by atoms with Crippen molar-refractivity contribution in [2.75, 3.05) is 6.54 Å². The van der Waals surface area contributed by atoms with Gasteiger partial charge in [-0.3, -0.25) is 0 Å². The third kappa shape index (κ3) is 1.83. The highest BCUT2D eigenvalue weighted by Gasteiger charge is 2.09. The van der Waals surface area contributed by atoms with Crippen LogP contribution in [0.15, 0.2) is 12.1 Å². The molecule has 1 rings (SSSR count). The minimum Gasteiger partial charge on any atom is -0.508 e. The van der Waals surface area contributed by atoms with E-state index in [1.54, 1.807) is 6.07 Å². The van der Waals surface area contributed by atoms with E-state index in [1.807, 2.05) is 19.9 Å². The monoisotopic (exact) mass is 179 g/mol. The molecule has 0 aliphatic heterocycles. The van der Waals surface area contributed by atoms with Gasteiger partial charge >= 0.3 is 0 Å². The molecular weight excluding hydrogens is 162 g/mol. The van der Waals surface area contributed by atoms with Crippen molar-refractivity contribution in [3.05, 3.63) is 28.8 Å². The summed E-state index contributed by atoms with van der Waals surface area (Å²) in [7, 11) is 0. The number of phenolic OH excluding ortho intramolecular Hbond substituents is 1. The minimum absolute atomic E-state index is 0.360. The van der Waals surface area contributed by atoms with Gasteiger partial charge in [-0.05, 0) is 49.1 Å². The number of hydrogen-bond donors (Lipinski definition) is 2. The van der Waals surface area contributed by atoms with Crippen LogP contribution in [0.4, 0.5) is 0 Å². The molecule has 0 aliphatic carbocycles. The highest BCUT2D eigenvalue weighted by molar-refractivity contribution is 5.44. The van der Waals surface area contributed by atoms with E-state index in [0.29, 0.717) is 18.2 Å². The number of phenols is 1. The number of nitrogens with two attached hydrogens (primary N) is 1. The van der Waals surface area contributed by atoms with E-state index >= 15 is 0 Å². The molecule has 1 atom stereocenters. The minimum atomic E-state index is 0.360. The van der Waals surface area contributed by atoms with Crippen LogP contribution in [0, 0.1) is 13.8 Å². The molecule has 1 aromatic carbocycles. The summed E-state index contributed by atoms with van der Waals surface area (Å²) in [5.41, 5.74) is 8.94. The predicted octanol–water partition coefficient (Wildman–Crippen LogP) is 2.07. The van der Waals surface area contributed by atoms with Crippen LogP contribution in [0.5, 0.6) is 5.75 Å². The summed E-state index contributed by atoms with van der Waals surface area (Å²) in [5.74, 6) is 0.727. The van der Waals surface area contributed by atoms with Gasteiger partial charge in [0, 0.05) is 0 Å². The van der Waals surface area contributed by atoms with Crippen molar-refractivity contribution in [2.24, 2.45) is 5.73 Å². The third-order valence-corrected chi connectivity index (χ3v) is 2.68. The predicted molar refractivity (Wildman–Crippen MR) is 55.1 cm³/mol. The van der Waals surface area contributed by atoms with Gasteiger partial charge in [-0.25, -0.2) is 0 Å². The van der Waals surface area contributed by atoms with Crippen molar-refractivity contribution >= 4 is 0 Å². The van der Waals surface area contributed by atoms with E-state index in [4.69, 9.17) is 5.73 Å². The molecule has 0 amide bonds. The summed E-state index contributed by atoms with van der Waals surface area (Å²) >= 11 is 0. The molecule has 0 bridgehead atoms. The lowest BCUT2D eigenvalue weighted by Crippen LogP contribution is -2.10. The van der Waals surface area contributed by atoms with Crippen molar-refractivity contribution in [3.8, 4) is 5.75 Å². The Morgan fingerprint density at radius 2 is 1.92 bits per heavy atom. The first-order valence-electron chi connectivity index (χ1n) is 4.57. The molecule has 2 heteroatoms. The lowest BCUT2D eigenvalue weighted by atomic mass is 9.93. The molecule has 0 spiro atoms. The van der Waals surface area contributed by atoms with E-state index in [2.05, 4.69) is 6.92 Å². The van der Waals surface area contributed by atoms with Gasteiger partial charge in [0.1, 0.15) is 5.75 Å². The normalized spacial score (nSPS) is 12.9. The van der Waals surface area contributed by atoms with Crippen molar-refractivity contribution in [2.45, 2.75) is 26.7 Å². The second-order valence-corrected chi connectivity index (χ2v) is 3.56. The molecule has 0 aliphatic rings. The molecule has 3 N–H and O–H groups in total. The zero-order valence-electron chi connectivity index (χ0n) is 8.46. The Kier molecular flexibility index (Phi) is 2.94. The maximum Gasteiger partial charge on any atom is 0.118 e. The van der Waals surface area contributed by atoms with Crippen LogP contribution >= 0.6 is 0 Å². The average Bonchev–Trinajstić information content (AvgIpc) is 2.13. The van der Waals surface area contributed by atoms with Gasteiger partial charge in [-0.15, -0.1) is 0 Å².